The van der Waals surface area contributed by atoms with Crippen LogP contribution in [0.5, 0.6) is 0 Å². The molecule has 5 heteroatoms. The quantitative estimate of drug-likeness (QED) is 0.771. The molecule has 3 rings (SSSR count). The van der Waals surface area contributed by atoms with Crippen LogP contribution in [0.25, 0.3) is 10.8 Å². The molecule has 2 heterocycles. The highest BCUT2D eigenvalue weighted by atomic mass is 35.5. The van der Waals surface area contributed by atoms with E-state index in [1.807, 2.05) is 31.2 Å². The first kappa shape index (κ1) is 11.9. The van der Waals surface area contributed by atoms with Crippen molar-refractivity contribution < 1.29 is 0 Å². The summed E-state index contributed by atoms with van der Waals surface area (Å²) < 4.78 is 0. The van der Waals surface area contributed by atoms with Crippen molar-refractivity contribution in [1.29, 1.82) is 0 Å². The highest BCUT2D eigenvalue weighted by Gasteiger charge is 2.05. The van der Waals surface area contributed by atoms with Crippen LogP contribution >= 0.6 is 11.6 Å². The van der Waals surface area contributed by atoms with Gasteiger partial charge in [-0.3, -0.25) is 0 Å². The van der Waals surface area contributed by atoms with E-state index in [0.717, 1.165) is 16.3 Å². The Kier molecular flexibility index (Phi) is 3.01. The average molecular weight is 271 g/mol. The fourth-order valence-corrected chi connectivity index (χ4v) is 1.98. The van der Waals surface area contributed by atoms with Crippen LogP contribution in [-0.4, -0.2) is 15.0 Å². The van der Waals surface area contributed by atoms with Crippen LogP contribution in [0.15, 0.2) is 42.9 Å². The summed E-state index contributed by atoms with van der Waals surface area (Å²) in [6, 6.07) is 7.63. The van der Waals surface area contributed by atoms with Crippen molar-refractivity contribution in [2.75, 3.05) is 5.32 Å². The molecule has 1 N–H and O–H groups in total. The molecule has 0 radical (unpaired) electrons. The van der Waals surface area contributed by atoms with E-state index in [1.54, 1.807) is 18.6 Å². The van der Waals surface area contributed by atoms with E-state index in [4.69, 9.17) is 11.6 Å². The van der Waals surface area contributed by atoms with Gasteiger partial charge in [0.25, 0.3) is 0 Å². The molecule has 4 nitrogen and oxygen atoms in total. The van der Waals surface area contributed by atoms with Gasteiger partial charge in [0.05, 0.1) is 0 Å². The number of nitrogens with one attached hydrogen (secondary N) is 1. The smallest absolute Gasteiger partial charge is 0.228 e. The van der Waals surface area contributed by atoms with Crippen molar-refractivity contribution >= 4 is 34.1 Å². The molecule has 0 aliphatic carbocycles. The van der Waals surface area contributed by atoms with Crippen LogP contribution in [0, 0.1) is 6.92 Å². The van der Waals surface area contributed by atoms with Crippen molar-refractivity contribution in [2.24, 2.45) is 0 Å². The van der Waals surface area contributed by atoms with Crippen LogP contribution in [0.1, 0.15) is 5.56 Å². The molecular weight excluding hydrogens is 260 g/mol. The van der Waals surface area contributed by atoms with E-state index >= 15 is 0 Å². The minimum absolute atomic E-state index is 0.519. The number of pyridine rings is 1. The number of rotatable bonds is 2. The number of hydrogen-bond donors (Lipinski definition) is 1. The minimum Gasteiger partial charge on any atom is -0.308 e. The molecule has 0 atom stereocenters. The Hall–Kier alpha value is -2.20. The molecule has 2 aromatic heterocycles. The van der Waals surface area contributed by atoms with E-state index in [-0.39, 0.29) is 0 Å². The number of fused-ring (bicyclic) bond motifs is 1. The number of hydrogen-bond acceptors (Lipinski definition) is 4. The van der Waals surface area contributed by atoms with Gasteiger partial charge >= 0.3 is 0 Å². The Morgan fingerprint density at radius 3 is 2.63 bits per heavy atom. The molecule has 0 bridgehead atoms. The summed E-state index contributed by atoms with van der Waals surface area (Å²) in [5.41, 5.74) is 1.01. The summed E-state index contributed by atoms with van der Waals surface area (Å²) in [7, 11) is 0. The molecular formula is C14H11ClN4. The lowest BCUT2D eigenvalue weighted by Gasteiger charge is -2.07. The van der Waals surface area contributed by atoms with Crippen molar-refractivity contribution in [1.82, 2.24) is 15.0 Å². The standard InChI is InChI=1S/C14H11ClN4/c1-9-7-17-14(18-8-9)19-13-12-6-11(15)3-2-10(12)4-5-16-13/h2-8H,1H3,(H,16,17,18,19). The zero-order valence-corrected chi connectivity index (χ0v) is 11.0. The van der Waals surface area contributed by atoms with Gasteiger partial charge in [0.1, 0.15) is 5.82 Å². The maximum atomic E-state index is 6.03. The first-order valence-corrected chi connectivity index (χ1v) is 6.20. The second kappa shape index (κ2) is 4.82. The third-order valence-electron chi connectivity index (χ3n) is 2.74. The van der Waals surface area contributed by atoms with Gasteiger partial charge in [0.15, 0.2) is 0 Å². The van der Waals surface area contributed by atoms with Crippen molar-refractivity contribution in [2.45, 2.75) is 6.92 Å². The van der Waals surface area contributed by atoms with Gasteiger partial charge in [-0.05, 0) is 36.1 Å². The lowest BCUT2D eigenvalue weighted by atomic mass is 10.1. The largest absolute Gasteiger partial charge is 0.308 e. The zero-order valence-electron chi connectivity index (χ0n) is 10.3. The molecule has 0 fully saturated rings. The van der Waals surface area contributed by atoms with Crippen LogP contribution < -0.4 is 5.32 Å². The van der Waals surface area contributed by atoms with Gasteiger partial charge in [0, 0.05) is 29.0 Å². The van der Waals surface area contributed by atoms with Crippen LogP contribution in [-0.2, 0) is 0 Å². The number of benzene rings is 1. The summed E-state index contributed by atoms with van der Waals surface area (Å²) in [6.45, 7) is 1.94. The van der Waals surface area contributed by atoms with Gasteiger partial charge in [-0.25, -0.2) is 15.0 Å². The summed E-state index contributed by atoms with van der Waals surface area (Å²) in [5, 5.41) is 5.79. The molecule has 19 heavy (non-hydrogen) atoms. The molecule has 1 aromatic carbocycles. The Labute approximate surface area is 115 Å². The van der Waals surface area contributed by atoms with E-state index in [1.165, 1.54) is 0 Å². The Morgan fingerprint density at radius 2 is 1.84 bits per heavy atom. The minimum atomic E-state index is 0.519. The molecule has 0 amide bonds. The van der Waals surface area contributed by atoms with Gasteiger partial charge in [0.2, 0.25) is 5.95 Å². The fraction of sp³-hybridized carbons (Fsp3) is 0.0714. The van der Waals surface area contributed by atoms with Crippen LogP contribution in [0.2, 0.25) is 5.02 Å². The first-order valence-electron chi connectivity index (χ1n) is 5.82. The van der Waals surface area contributed by atoms with Crippen molar-refractivity contribution in [3.8, 4) is 0 Å². The third-order valence-corrected chi connectivity index (χ3v) is 2.97. The molecule has 0 unspecified atom stereocenters. The van der Waals surface area contributed by atoms with E-state index in [2.05, 4.69) is 20.3 Å². The van der Waals surface area contributed by atoms with Crippen molar-refractivity contribution in [3.63, 3.8) is 0 Å². The molecule has 0 aliphatic rings. The van der Waals surface area contributed by atoms with Crippen molar-refractivity contribution in [3.05, 3.63) is 53.4 Å². The Bertz CT molecular complexity index is 725. The Morgan fingerprint density at radius 1 is 1.05 bits per heavy atom. The molecule has 0 saturated heterocycles. The topological polar surface area (TPSA) is 50.7 Å². The maximum Gasteiger partial charge on any atom is 0.228 e. The zero-order chi connectivity index (χ0) is 13.2. The van der Waals surface area contributed by atoms with E-state index in [0.29, 0.717) is 16.8 Å². The SMILES string of the molecule is Cc1cnc(Nc2nccc3ccc(Cl)cc23)nc1. The second-order valence-electron chi connectivity index (χ2n) is 4.23. The summed E-state index contributed by atoms with van der Waals surface area (Å²) in [5.74, 6) is 1.22. The fourth-order valence-electron chi connectivity index (χ4n) is 1.80. The lowest BCUT2D eigenvalue weighted by Crippen LogP contribution is -1.99. The second-order valence-corrected chi connectivity index (χ2v) is 4.67. The molecule has 94 valence electrons. The normalized spacial score (nSPS) is 10.6. The van der Waals surface area contributed by atoms with Gasteiger partial charge < -0.3 is 5.32 Å². The highest BCUT2D eigenvalue weighted by molar-refractivity contribution is 6.31. The average Bonchev–Trinajstić information content (AvgIpc) is 2.42. The summed E-state index contributed by atoms with van der Waals surface area (Å²) >= 11 is 6.03. The number of aryl methyl sites for hydroxylation is 1. The lowest BCUT2D eigenvalue weighted by molar-refractivity contribution is 1.12. The van der Waals surface area contributed by atoms with Gasteiger partial charge in [-0.1, -0.05) is 17.7 Å². The highest BCUT2D eigenvalue weighted by Crippen LogP contribution is 2.25. The summed E-state index contributed by atoms with van der Waals surface area (Å²) in [4.78, 5) is 12.7. The van der Waals surface area contributed by atoms with Gasteiger partial charge in [-0.2, -0.15) is 0 Å². The number of nitrogens with zero attached hydrogens (tertiary/aromatic N) is 3. The third kappa shape index (κ3) is 2.48. The maximum absolute atomic E-state index is 6.03. The molecule has 0 spiro atoms. The molecule has 0 saturated carbocycles. The number of aromatic nitrogens is 3. The number of halogens is 1. The van der Waals surface area contributed by atoms with E-state index < -0.39 is 0 Å². The van der Waals surface area contributed by atoms with E-state index in [9.17, 15) is 0 Å². The molecule has 3 aromatic rings. The molecule has 0 aliphatic heterocycles. The van der Waals surface area contributed by atoms with Gasteiger partial charge in [-0.15, -0.1) is 0 Å². The van der Waals surface area contributed by atoms with Crippen LogP contribution in [0.4, 0.5) is 11.8 Å². The monoisotopic (exact) mass is 270 g/mol. The van der Waals surface area contributed by atoms with Crippen LogP contribution in [0.3, 0.4) is 0 Å². The predicted molar refractivity (Wildman–Crippen MR) is 76.8 cm³/mol. The first-order chi connectivity index (χ1) is 9.22. The number of anilines is 2. The summed E-state index contributed by atoms with van der Waals surface area (Å²) in [6.07, 6.45) is 5.26. The predicted octanol–water partition coefficient (Wildman–Crippen LogP) is 3.73. The Balaban J connectivity index is 2.05.